The lowest BCUT2D eigenvalue weighted by Gasteiger charge is -2.39. The van der Waals surface area contributed by atoms with Crippen molar-refractivity contribution in [2.24, 2.45) is 0 Å². The number of rotatable bonds is 11. The second-order valence-corrected chi connectivity index (χ2v) is 5.66. The highest BCUT2D eigenvalue weighted by Crippen LogP contribution is 2.17. The minimum Gasteiger partial charge on any atom is -0.312 e. The molecule has 0 aromatic heterocycles. The van der Waals surface area contributed by atoms with Gasteiger partial charge in [0.1, 0.15) is 0 Å². The minimum absolute atomic E-state index is 0.651. The Morgan fingerprint density at radius 1 is 0.944 bits per heavy atom. The van der Waals surface area contributed by atoms with Crippen LogP contribution in [-0.4, -0.2) is 36.1 Å². The van der Waals surface area contributed by atoms with Crippen LogP contribution >= 0.6 is 0 Å². The van der Waals surface area contributed by atoms with Crippen LogP contribution in [-0.2, 0) is 0 Å². The molecule has 0 bridgehead atoms. The van der Waals surface area contributed by atoms with E-state index in [0.717, 1.165) is 6.54 Å². The summed E-state index contributed by atoms with van der Waals surface area (Å²) in [7, 11) is 0. The Bertz CT molecular complexity index is 180. The van der Waals surface area contributed by atoms with Crippen LogP contribution in [0.1, 0.15) is 73.6 Å². The average molecular weight is 256 g/mol. The first-order chi connectivity index (χ1) is 8.62. The second kappa shape index (κ2) is 10.8. The molecule has 0 aromatic rings. The van der Waals surface area contributed by atoms with Gasteiger partial charge in [0, 0.05) is 18.1 Å². The van der Waals surface area contributed by atoms with Gasteiger partial charge in [-0.05, 0) is 52.6 Å². The molecule has 0 saturated heterocycles. The molecule has 2 nitrogen and oxygen atoms in total. The first-order valence-electron chi connectivity index (χ1n) is 8.11. The molecular formula is C16H36N2. The van der Waals surface area contributed by atoms with E-state index in [1.165, 1.54) is 38.6 Å². The number of nitrogens with zero attached hydrogens (tertiary/aromatic N) is 1. The first kappa shape index (κ1) is 17.9. The summed E-state index contributed by atoms with van der Waals surface area (Å²) in [6.07, 6.45) is 6.30. The molecule has 18 heavy (non-hydrogen) atoms. The lowest BCUT2D eigenvalue weighted by atomic mass is 9.97. The van der Waals surface area contributed by atoms with Crippen LogP contribution in [0.2, 0.25) is 0 Å². The molecule has 0 saturated carbocycles. The van der Waals surface area contributed by atoms with Gasteiger partial charge in [-0.2, -0.15) is 0 Å². The van der Waals surface area contributed by atoms with Crippen molar-refractivity contribution in [3.63, 3.8) is 0 Å². The summed E-state index contributed by atoms with van der Waals surface area (Å²) in [5.74, 6) is 0. The molecule has 0 spiro atoms. The van der Waals surface area contributed by atoms with Gasteiger partial charge < -0.3 is 5.32 Å². The Morgan fingerprint density at radius 2 is 1.61 bits per heavy atom. The van der Waals surface area contributed by atoms with Gasteiger partial charge in [-0.15, -0.1) is 0 Å². The summed E-state index contributed by atoms with van der Waals surface area (Å²) in [6, 6.07) is 2.00. The van der Waals surface area contributed by atoms with E-state index in [-0.39, 0.29) is 0 Å². The maximum absolute atomic E-state index is 3.77. The van der Waals surface area contributed by atoms with Crippen LogP contribution in [0.25, 0.3) is 0 Å². The molecule has 0 fully saturated rings. The Labute approximate surface area is 116 Å². The normalized spacial score (nSPS) is 15.3. The lowest BCUT2D eigenvalue weighted by molar-refractivity contribution is 0.112. The fourth-order valence-electron chi connectivity index (χ4n) is 2.89. The summed E-state index contributed by atoms with van der Waals surface area (Å²) >= 11 is 0. The van der Waals surface area contributed by atoms with E-state index in [2.05, 4.69) is 51.8 Å². The molecule has 0 radical (unpaired) electrons. The van der Waals surface area contributed by atoms with Crippen molar-refractivity contribution in [3.05, 3.63) is 0 Å². The highest BCUT2D eigenvalue weighted by molar-refractivity contribution is 4.85. The van der Waals surface area contributed by atoms with Crippen LogP contribution in [0.3, 0.4) is 0 Å². The monoisotopic (exact) mass is 256 g/mol. The van der Waals surface area contributed by atoms with E-state index >= 15 is 0 Å². The Kier molecular flexibility index (Phi) is 10.8. The van der Waals surface area contributed by atoms with E-state index in [1.807, 2.05) is 0 Å². The van der Waals surface area contributed by atoms with Crippen molar-refractivity contribution >= 4 is 0 Å². The predicted octanol–water partition coefficient (Wildman–Crippen LogP) is 4.05. The molecule has 0 aliphatic rings. The van der Waals surface area contributed by atoms with Gasteiger partial charge >= 0.3 is 0 Å². The third-order valence-corrected chi connectivity index (χ3v) is 3.71. The molecule has 2 atom stereocenters. The standard InChI is InChI=1S/C16H36N2/c1-7-11-15(17-12-8-2)16(10-4)18(13-9-3)14(5)6/h14-17H,7-13H2,1-6H3. The average Bonchev–Trinajstić information content (AvgIpc) is 2.35. The van der Waals surface area contributed by atoms with E-state index in [4.69, 9.17) is 0 Å². The van der Waals surface area contributed by atoms with Crippen LogP contribution in [0.4, 0.5) is 0 Å². The molecule has 110 valence electrons. The highest BCUT2D eigenvalue weighted by Gasteiger charge is 2.26. The zero-order chi connectivity index (χ0) is 14.0. The van der Waals surface area contributed by atoms with Crippen molar-refractivity contribution < 1.29 is 0 Å². The number of hydrogen-bond donors (Lipinski definition) is 1. The minimum atomic E-state index is 0.651. The third-order valence-electron chi connectivity index (χ3n) is 3.71. The number of hydrogen-bond acceptors (Lipinski definition) is 2. The summed E-state index contributed by atoms with van der Waals surface area (Å²) in [6.45, 7) is 16.2. The van der Waals surface area contributed by atoms with Crippen molar-refractivity contribution in [1.29, 1.82) is 0 Å². The molecule has 0 aromatic carbocycles. The first-order valence-corrected chi connectivity index (χ1v) is 8.11. The van der Waals surface area contributed by atoms with Crippen molar-refractivity contribution in [1.82, 2.24) is 10.2 Å². The highest BCUT2D eigenvalue weighted by atomic mass is 15.2. The topological polar surface area (TPSA) is 15.3 Å². The second-order valence-electron chi connectivity index (χ2n) is 5.66. The molecule has 0 amide bonds. The van der Waals surface area contributed by atoms with Crippen molar-refractivity contribution in [2.75, 3.05) is 13.1 Å². The van der Waals surface area contributed by atoms with Crippen LogP contribution in [0, 0.1) is 0 Å². The smallest absolute Gasteiger partial charge is 0.0249 e. The SMILES string of the molecule is CCCNC(CCC)C(CC)N(CCC)C(C)C. The summed E-state index contributed by atoms with van der Waals surface area (Å²) in [4.78, 5) is 2.70. The van der Waals surface area contributed by atoms with Crippen molar-refractivity contribution in [2.45, 2.75) is 91.8 Å². The summed E-state index contributed by atoms with van der Waals surface area (Å²) < 4.78 is 0. The molecule has 0 heterocycles. The van der Waals surface area contributed by atoms with Crippen LogP contribution in [0.5, 0.6) is 0 Å². The quantitative estimate of drug-likeness (QED) is 0.600. The van der Waals surface area contributed by atoms with Gasteiger partial charge in [0.05, 0.1) is 0 Å². The molecule has 2 unspecified atom stereocenters. The van der Waals surface area contributed by atoms with Gasteiger partial charge in [-0.1, -0.05) is 34.1 Å². The van der Waals surface area contributed by atoms with E-state index in [0.29, 0.717) is 18.1 Å². The molecule has 2 heteroatoms. The maximum atomic E-state index is 3.77. The fraction of sp³-hybridized carbons (Fsp3) is 1.00. The van der Waals surface area contributed by atoms with Crippen molar-refractivity contribution in [3.8, 4) is 0 Å². The molecular weight excluding hydrogens is 220 g/mol. The molecule has 1 N–H and O–H groups in total. The van der Waals surface area contributed by atoms with Gasteiger partial charge in [0.15, 0.2) is 0 Å². The maximum Gasteiger partial charge on any atom is 0.0249 e. The van der Waals surface area contributed by atoms with Gasteiger partial charge in [0.25, 0.3) is 0 Å². The lowest BCUT2D eigenvalue weighted by Crippen LogP contribution is -2.52. The van der Waals surface area contributed by atoms with Gasteiger partial charge in [-0.25, -0.2) is 0 Å². The molecule has 0 rings (SSSR count). The van der Waals surface area contributed by atoms with Gasteiger partial charge in [0.2, 0.25) is 0 Å². The zero-order valence-electron chi connectivity index (χ0n) is 13.6. The Hall–Kier alpha value is -0.0800. The molecule has 0 aliphatic heterocycles. The largest absolute Gasteiger partial charge is 0.312 e. The van der Waals surface area contributed by atoms with Gasteiger partial charge in [-0.3, -0.25) is 4.90 Å². The predicted molar refractivity (Wildman–Crippen MR) is 83.2 cm³/mol. The summed E-state index contributed by atoms with van der Waals surface area (Å²) in [5.41, 5.74) is 0. The fourth-order valence-corrected chi connectivity index (χ4v) is 2.89. The summed E-state index contributed by atoms with van der Waals surface area (Å²) in [5, 5.41) is 3.77. The third kappa shape index (κ3) is 6.19. The molecule has 0 aliphatic carbocycles. The van der Waals surface area contributed by atoms with Crippen LogP contribution < -0.4 is 5.32 Å². The van der Waals surface area contributed by atoms with E-state index < -0.39 is 0 Å². The Balaban J connectivity index is 4.70. The van der Waals surface area contributed by atoms with E-state index in [1.54, 1.807) is 0 Å². The number of nitrogens with one attached hydrogen (secondary N) is 1. The zero-order valence-corrected chi connectivity index (χ0v) is 13.6. The Morgan fingerprint density at radius 3 is 2.00 bits per heavy atom. The van der Waals surface area contributed by atoms with E-state index in [9.17, 15) is 0 Å². The van der Waals surface area contributed by atoms with Crippen LogP contribution in [0.15, 0.2) is 0 Å².